The highest BCUT2D eigenvalue weighted by molar-refractivity contribution is 7.20. The number of aromatic nitrogens is 1. The fourth-order valence-electron chi connectivity index (χ4n) is 4.45. The van der Waals surface area contributed by atoms with E-state index in [4.69, 9.17) is 9.47 Å². The predicted octanol–water partition coefficient (Wildman–Crippen LogP) is 4.11. The normalized spacial score (nSPS) is 20.4. The third kappa shape index (κ3) is 4.89. The minimum atomic E-state index is 0.0990. The van der Waals surface area contributed by atoms with Gasteiger partial charge in [0.15, 0.2) is 5.78 Å². The minimum Gasteiger partial charge on any atom is -0.492 e. The van der Waals surface area contributed by atoms with Gasteiger partial charge in [0.1, 0.15) is 18.1 Å². The van der Waals surface area contributed by atoms with Crippen molar-refractivity contribution >= 4 is 27.3 Å². The molecule has 0 aliphatic carbocycles. The molecule has 0 bridgehead atoms. The summed E-state index contributed by atoms with van der Waals surface area (Å²) in [7, 11) is 0. The van der Waals surface area contributed by atoms with Crippen molar-refractivity contribution in [3.63, 3.8) is 0 Å². The summed E-state index contributed by atoms with van der Waals surface area (Å²) in [6.45, 7) is 4.48. The van der Waals surface area contributed by atoms with Crippen LogP contribution in [-0.2, 0) is 4.79 Å². The Morgan fingerprint density at radius 2 is 1.84 bits per heavy atom. The monoisotopic (exact) mass is 437 g/mol. The predicted molar refractivity (Wildman–Crippen MR) is 122 cm³/mol. The molecule has 31 heavy (non-hydrogen) atoms. The van der Waals surface area contributed by atoms with Gasteiger partial charge in [-0.15, -0.1) is 0 Å². The number of carbonyl (C=O) groups is 1. The molecule has 7 heteroatoms. The van der Waals surface area contributed by atoms with Crippen LogP contribution in [-0.4, -0.2) is 54.5 Å². The summed E-state index contributed by atoms with van der Waals surface area (Å²) in [5, 5.41) is 4.02. The maximum atomic E-state index is 11.9. The summed E-state index contributed by atoms with van der Waals surface area (Å²) in [6, 6.07) is 15.8. The van der Waals surface area contributed by atoms with Crippen LogP contribution in [0.15, 0.2) is 48.5 Å². The number of ether oxygens (including phenoxy) is 2. The highest BCUT2D eigenvalue weighted by atomic mass is 32.1. The lowest BCUT2D eigenvalue weighted by Crippen LogP contribution is -2.44. The number of para-hydroxylation sites is 1. The molecule has 2 saturated heterocycles. The van der Waals surface area contributed by atoms with Crippen LogP contribution in [0.1, 0.15) is 19.3 Å². The van der Waals surface area contributed by atoms with E-state index < -0.39 is 0 Å². The number of nitrogens with one attached hydrogen (secondary N) is 1. The topological polar surface area (TPSA) is 63.7 Å². The second-order valence-corrected chi connectivity index (χ2v) is 9.19. The molecule has 2 aliphatic heterocycles. The zero-order valence-corrected chi connectivity index (χ0v) is 18.3. The lowest BCUT2D eigenvalue weighted by molar-refractivity contribution is -0.120. The van der Waals surface area contributed by atoms with Gasteiger partial charge in [-0.25, -0.2) is 4.98 Å². The molecule has 1 unspecified atom stereocenters. The molecule has 1 N–H and O–H groups in total. The summed E-state index contributed by atoms with van der Waals surface area (Å²) in [5.74, 6) is 2.49. The molecule has 2 fully saturated rings. The van der Waals surface area contributed by atoms with Crippen LogP contribution in [0.25, 0.3) is 10.2 Å². The molecular weight excluding hydrogens is 410 g/mol. The zero-order chi connectivity index (χ0) is 21.0. The molecule has 0 amide bonds. The molecule has 2 aromatic carbocycles. The van der Waals surface area contributed by atoms with Crippen LogP contribution in [0, 0.1) is 5.92 Å². The van der Waals surface area contributed by atoms with E-state index in [1.807, 2.05) is 48.5 Å². The first-order valence-corrected chi connectivity index (χ1v) is 11.8. The van der Waals surface area contributed by atoms with E-state index in [-0.39, 0.29) is 6.04 Å². The highest BCUT2D eigenvalue weighted by Gasteiger charge is 2.33. The summed E-state index contributed by atoms with van der Waals surface area (Å²) in [4.78, 5) is 18.9. The number of fused-ring (bicyclic) bond motifs is 1. The second kappa shape index (κ2) is 9.34. The SMILES string of the molecule is O=C1CCNC1C1CCN(CCOc2ccc(Oc3nc4ccccc4s3)cc2)CC1. The standard InChI is InChI=1S/C24H27N3O3S/c28-21-9-12-25-23(21)17-10-13-27(14-11-17)15-16-29-18-5-7-19(8-6-18)30-24-26-20-3-1-2-4-22(20)31-24/h1-8,17,23,25H,9-16H2. The number of piperidine rings is 1. The molecule has 3 aromatic rings. The largest absolute Gasteiger partial charge is 0.492 e. The molecule has 0 spiro atoms. The Kier molecular flexibility index (Phi) is 6.15. The van der Waals surface area contributed by atoms with Crippen LogP contribution in [0.3, 0.4) is 0 Å². The Morgan fingerprint density at radius 1 is 1.06 bits per heavy atom. The molecule has 5 rings (SSSR count). The first-order valence-electron chi connectivity index (χ1n) is 11.0. The zero-order valence-electron chi connectivity index (χ0n) is 17.5. The molecular formula is C24H27N3O3S. The first-order chi connectivity index (χ1) is 15.2. The maximum absolute atomic E-state index is 11.9. The van der Waals surface area contributed by atoms with Crippen molar-refractivity contribution in [2.24, 2.45) is 5.92 Å². The van der Waals surface area contributed by atoms with Crippen LogP contribution < -0.4 is 14.8 Å². The van der Waals surface area contributed by atoms with Crippen LogP contribution in [0.5, 0.6) is 16.7 Å². The van der Waals surface area contributed by atoms with Crippen molar-refractivity contribution in [2.75, 3.05) is 32.8 Å². The molecule has 2 aliphatic rings. The number of ketones is 1. The molecule has 162 valence electrons. The van der Waals surface area contributed by atoms with Crippen molar-refractivity contribution in [3.8, 4) is 16.7 Å². The van der Waals surface area contributed by atoms with Gasteiger partial charge in [0.05, 0.1) is 16.3 Å². The van der Waals surface area contributed by atoms with Crippen molar-refractivity contribution in [3.05, 3.63) is 48.5 Å². The Balaban J connectivity index is 1.06. The molecule has 1 atom stereocenters. The smallest absolute Gasteiger partial charge is 0.279 e. The number of benzene rings is 2. The Bertz CT molecular complexity index is 995. The molecule has 0 saturated carbocycles. The van der Waals surface area contributed by atoms with Gasteiger partial charge >= 0.3 is 0 Å². The van der Waals surface area contributed by atoms with E-state index in [1.54, 1.807) is 11.3 Å². The molecule has 0 radical (unpaired) electrons. The second-order valence-electron chi connectivity index (χ2n) is 8.20. The van der Waals surface area contributed by atoms with E-state index >= 15 is 0 Å². The number of rotatable bonds is 7. The Hall–Kier alpha value is -2.48. The van der Waals surface area contributed by atoms with Crippen molar-refractivity contribution < 1.29 is 14.3 Å². The first kappa shape index (κ1) is 20.4. The van der Waals surface area contributed by atoms with Crippen molar-refractivity contribution in [1.29, 1.82) is 0 Å². The Morgan fingerprint density at radius 3 is 2.58 bits per heavy atom. The third-order valence-electron chi connectivity index (χ3n) is 6.17. The summed E-state index contributed by atoms with van der Waals surface area (Å²) in [6.07, 6.45) is 2.87. The minimum absolute atomic E-state index is 0.0990. The van der Waals surface area contributed by atoms with Crippen molar-refractivity contribution in [1.82, 2.24) is 15.2 Å². The van der Waals surface area contributed by atoms with Crippen LogP contribution in [0.2, 0.25) is 0 Å². The number of carbonyl (C=O) groups excluding carboxylic acids is 1. The summed E-state index contributed by atoms with van der Waals surface area (Å²) in [5.41, 5.74) is 0.956. The van der Waals surface area contributed by atoms with E-state index in [0.29, 0.717) is 29.9 Å². The summed E-state index contributed by atoms with van der Waals surface area (Å²) >= 11 is 1.54. The number of likely N-dealkylation sites (tertiary alicyclic amines) is 1. The third-order valence-corrected chi connectivity index (χ3v) is 7.08. The van der Waals surface area contributed by atoms with Gasteiger partial charge < -0.3 is 14.8 Å². The van der Waals surface area contributed by atoms with Crippen LogP contribution in [0.4, 0.5) is 0 Å². The number of hydrogen-bond donors (Lipinski definition) is 1. The molecule has 1 aromatic heterocycles. The van der Waals surface area contributed by atoms with Gasteiger partial charge in [-0.05, 0) is 68.2 Å². The van der Waals surface area contributed by atoms with E-state index in [0.717, 1.165) is 60.7 Å². The molecule has 6 nitrogen and oxygen atoms in total. The lowest BCUT2D eigenvalue weighted by atomic mass is 9.88. The fourth-order valence-corrected chi connectivity index (χ4v) is 5.29. The summed E-state index contributed by atoms with van der Waals surface area (Å²) < 4.78 is 12.9. The van der Waals surface area contributed by atoms with Gasteiger partial charge in [-0.3, -0.25) is 9.69 Å². The average molecular weight is 438 g/mol. The van der Waals surface area contributed by atoms with Gasteiger partial charge in [0, 0.05) is 19.5 Å². The van der Waals surface area contributed by atoms with E-state index in [9.17, 15) is 4.79 Å². The van der Waals surface area contributed by atoms with E-state index in [1.165, 1.54) is 0 Å². The van der Waals surface area contributed by atoms with Crippen molar-refractivity contribution in [2.45, 2.75) is 25.3 Å². The highest BCUT2D eigenvalue weighted by Crippen LogP contribution is 2.31. The number of thiazole rings is 1. The fraction of sp³-hybridized carbons (Fsp3) is 0.417. The lowest BCUT2D eigenvalue weighted by Gasteiger charge is -2.34. The van der Waals surface area contributed by atoms with E-state index in [2.05, 4.69) is 15.2 Å². The number of Topliss-reactive ketones (excluding diaryl/α,β-unsaturated/α-hetero) is 1. The van der Waals surface area contributed by atoms with Gasteiger partial charge in [0.2, 0.25) is 0 Å². The van der Waals surface area contributed by atoms with Gasteiger partial charge in [0.25, 0.3) is 5.19 Å². The van der Waals surface area contributed by atoms with Gasteiger partial charge in [-0.1, -0.05) is 23.5 Å². The number of nitrogens with zero attached hydrogens (tertiary/aromatic N) is 2. The van der Waals surface area contributed by atoms with Gasteiger partial charge in [-0.2, -0.15) is 0 Å². The average Bonchev–Trinajstić information content (AvgIpc) is 3.41. The number of hydrogen-bond acceptors (Lipinski definition) is 7. The Labute approximate surface area is 186 Å². The molecule has 3 heterocycles. The van der Waals surface area contributed by atoms with Crippen LogP contribution >= 0.6 is 11.3 Å². The maximum Gasteiger partial charge on any atom is 0.279 e. The quantitative estimate of drug-likeness (QED) is 0.600.